The molecule has 4 rings (SSSR count). The summed E-state index contributed by atoms with van der Waals surface area (Å²) < 4.78 is 22.0. The highest BCUT2D eigenvalue weighted by Crippen LogP contribution is 2.43. The molecule has 1 aliphatic rings. The lowest BCUT2D eigenvalue weighted by Gasteiger charge is -2.24. The molecular formula is C24H20O10. The van der Waals surface area contributed by atoms with Gasteiger partial charge in [0.05, 0.1) is 19.8 Å². The SMILES string of the molecule is COc1ccc(C2=C(OC(=O)c3cc(O)c(O)c(O)c3)Cc3c(O)cc(O)cc3O2)cc1OC. The van der Waals surface area contributed by atoms with E-state index in [0.29, 0.717) is 17.1 Å². The van der Waals surface area contributed by atoms with Crippen LogP contribution in [0.4, 0.5) is 0 Å². The van der Waals surface area contributed by atoms with E-state index in [4.69, 9.17) is 18.9 Å². The smallest absolute Gasteiger partial charge is 0.343 e. The normalized spacial score (nSPS) is 12.5. The first-order chi connectivity index (χ1) is 16.2. The Balaban J connectivity index is 1.80. The van der Waals surface area contributed by atoms with Crippen molar-refractivity contribution >= 4 is 11.7 Å². The highest BCUT2D eigenvalue weighted by molar-refractivity contribution is 5.92. The fourth-order valence-corrected chi connectivity index (χ4v) is 3.47. The molecule has 5 N–H and O–H groups in total. The molecule has 0 amide bonds. The zero-order valence-electron chi connectivity index (χ0n) is 18.0. The van der Waals surface area contributed by atoms with E-state index in [1.54, 1.807) is 18.2 Å². The highest BCUT2D eigenvalue weighted by atomic mass is 16.6. The van der Waals surface area contributed by atoms with Gasteiger partial charge >= 0.3 is 5.97 Å². The molecule has 176 valence electrons. The third-order valence-corrected chi connectivity index (χ3v) is 5.14. The molecule has 3 aromatic rings. The van der Waals surface area contributed by atoms with Crippen LogP contribution in [0.2, 0.25) is 0 Å². The number of allylic oxidation sites excluding steroid dienone is 1. The van der Waals surface area contributed by atoms with E-state index in [-0.39, 0.29) is 46.3 Å². The molecule has 1 aliphatic heterocycles. The predicted octanol–water partition coefficient (Wildman–Crippen LogP) is 3.39. The maximum Gasteiger partial charge on any atom is 0.343 e. The Morgan fingerprint density at radius 1 is 0.853 bits per heavy atom. The first-order valence-corrected chi connectivity index (χ1v) is 9.87. The summed E-state index contributed by atoms with van der Waals surface area (Å²) in [5.74, 6) is -2.58. The minimum absolute atomic E-state index is 0.00207. The minimum Gasteiger partial charge on any atom is -0.508 e. The summed E-state index contributed by atoms with van der Waals surface area (Å²) in [6.45, 7) is 0. The number of carbonyl (C=O) groups is 1. The molecule has 0 spiro atoms. The van der Waals surface area contributed by atoms with Gasteiger partial charge in [0.2, 0.25) is 0 Å². The summed E-state index contributed by atoms with van der Waals surface area (Å²) >= 11 is 0. The van der Waals surface area contributed by atoms with Crippen LogP contribution in [0.25, 0.3) is 5.76 Å². The van der Waals surface area contributed by atoms with Gasteiger partial charge in [-0.3, -0.25) is 0 Å². The molecule has 10 nitrogen and oxygen atoms in total. The Morgan fingerprint density at radius 3 is 2.18 bits per heavy atom. The van der Waals surface area contributed by atoms with Crippen molar-refractivity contribution in [2.24, 2.45) is 0 Å². The van der Waals surface area contributed by atoms with Crippen molar-refractivity contribution in [3.63, 3.8) is 0 Å². The lowest BCUT2D eigenvalue weighted by Crippen LogP contribution is -2.15. The van der Waals surface area contributed by atoms with Crippen molar-refractivity contribution < 1.29 is 49.3 Å². The van der Waals surface area contributed by atoms with Gasteiger partial charge in [-0.2, -0.15) is 0 Å². The second-order valence-electron chi connectivity index (χ2n) is 7.30. The molecule has 3 aromatic carbocycles. The van der Waals surface area contributed by atoms with Crippen LogP contribution in [0.5, 0.6) is 46.0 Å². The molecule has 0 saturated carbocycles. The third-order valence-electron chi connectivity index (χ3n) is 5.14. The first-order valence-electron chi connectivity index (χ1n) is 9.87. The molecule has 0 aromatic heterocycles. The lowest BCUT2D eigenvalue weighted by molar-refractivity contribution is 0.0609. The second-order valence-corrected chi connectivity index (χ2v) is 7.30. The lowest BCUT2D eigenvalue weighted by atomic mass is 10.0. The van der Waals surface area contributed by atoms with Crippen molar-refractivity contribution in [1.82, 2.24) is 0 Å². The van der Waals surface area contributed by atoms with Crippen LogP contribution < -0.4 is 14.2 Å². The number of rotatable bonds is 5. The van der Waals surface area contributed by atoms with Crippen molar-refractivity contribution in [1.29, 1.82) is 0 Å². The summed E-state index contributed by atoms with van der Waals surface area (Å²) in [5.41, 5.74) is 0.458. The molecule has 0 unspecified atom stereocenters. The number of hydrogen-bond donors (Lipinski definition) is 5. The predicted molar refractivity (Wildman–Crippen MR) is 117 cm³/mol. The van der Waals surface area contributed by atoms with Gasteiger partial charge in [-0.15, -0.1) is 0 Å². The number of fused-ring (bicyclic) bond motifs is 1. The number of phenols is 5. The fraction of sp³-hybridized carbons (Fsp3) is 0.125. The molecule has 0 saturated heterocycles. The maximum absolute atomic E-state index is 12.8. The first kappa shape index (κ1) is 22.5. The summed E-state index contributed by atoms with van der Waals surface area (Å²) in [7, 11) is 2.93. The van der Waals surface area contributed by atoms with Crippen LogP contribution in [-0.4, -0.2) is 45.7 Å². The van der Waals surface area contributed by atoms with Crippen LogP contribution in [-0.2, 0) is 11.2 Å². The van der Waals surface area contributed by atoms with E-state index in [2.05, 4.69) is 0 Å². The fourth-order valence-electron chi connectivity index (χ4n) is 3.47. The van der Waals surface area contributed by atoms with E-state index < -0.39 is 23.2 Å². The summed E-state index contributed by atoms with van der Waals surface area (Å²) in [4.78, 5) is 12.8. The van der Waals surface area contributed by atoms with Gasteiger partial charge in [0.15, 0.2) is 40.3 Å². The molecule has 0 aliphatic carbocycles. The molecule has 1 heterocycles. The Bertz CT molecular complexity index is 1300. The standard InChI is InChI=1S/C24H20O10/c1-31-18-4-3-11(7-20(18)32-2)23-21(10-14-15(26)8-13(25)9-19(14)33-23)34-24(30)12-5-16(27)22(29)17(28)6-12/h3-9,25-29H,10H2,1-2H3. The van der Waals surface area contributed by atoms with Crippen molar-refractivity contribution in [2.45, 2.75) is 6.42 Å². The van der Waals surface area contributed by atoms with E-state index in [1.165, 1.54) is 20.3 Å². The van der Waals surface area contributed by atoms with Gasteiger partial charge in [-0.05, 0) is 30.3 Å². The van der Waals surface area contributed by atoms with Crippen molar-refractivity contribution in [3.05, 3.63) is 64.9 Å². The summed E-state index contributed by atoms with van der Waals surface area (Å²) in [6.07, 6.45) is -0.0904. The van der Waals surface area contributed by atoms with Gasteiger partial charge in [0.1, 0.15) is 17.2 Å². The Hall–Kier alpha value is -4.73. The Morgan fingerprint density at radius 2 is 1.53 bits per heavy atom. The van der Waals surface area contributed by atoms with Crippen LogP contribution in [0, 0.1) is 0 Å². The largest absolute Gasteiger partial charge is 0.508 e. The number of methoxy groups -OCH3 is 2. The van der Waals surface area contributed by atoms with Crippen LogP contribution in [0.1, 0.15) is 21.5 Å². The molecule has 0 fully saturated rings. The van der Waals surface area contributed by atoms with Gasteiger partial charge < -0.3 is 44.5 Å². The summed E-state index contributed by atoms with van der Waals surface area (Å²) in [5, 5.41) is 49.1. The zero-order chi connectivity index (χ0) is 24.6. The van der Waals surface area contributed by atoms with E-state index >= 15 is 0 Å². The number of aromatic hydroxyl groups is 5. The molecule has 0 bridgehead atoms. The average molecular weight is 468 g/mol. The van der Waals surface area contributed by atoms with Gasteiger partial charge in [0, 0.05) is 29.7 Å². The van der Waals surface area contributed by atoms with Crippen LogP contribution >= 0.6 is 0 Å². The summed E-state index contributed by atoms with van der Waals surface area (Å²) in [6, 6.07) is 9.14. The number of benzene rings is 3. The quantitative estimate of drug-likeness (QED) is 0.278. The molecule has 10 heteroatoms. The van der Waals surface area contributed by atoms with Gasteiger partial charge in [-0.1, -0.05) is 0 Å². The molecule has 0 atom stereocenters. The average Bonchev–Trinajstić information content (AvgIpc) is 2.81. The Kier molecular flexibility index (Phi) is 5.72. The molecule has 0 radical (unpaired) electrons. The zero-order valence-corrected chi connectivity index (χ0v) is 18.0. The molecule has 34 heavy (non-hydrogen) atoms. The number of ether oxygens (including phenoxy) is 4. The number of esters is 1. The Labute approximate surface area is 193 Å². The monoisotopic (exact) mass is 468 g/mol. The number of phenolic OH excluding ortho intramolecular Hbond substituents is 5. The van der Waals surface area contributed by atoms with E-state index in [9.17, 15) is 30.3 Å². The van der Waals surface area contributed by atoms with Crippen LogP contribution in [0.15, 0.2) is 48.2 Å². The number of hydrogen-bond acceptors (Lipinski definition) is 10. The minimum atomic E-state index is -0.969. The number of carbonyl (C=O) groups excluding carboxylic acids is 1. The second kappa shape index (κ2) is 8.66. The third kappa shape index (κ3) is 4.04. The van der Waals surface area contributed by atoms with Crippen molar-refractivity contribution in [3.8, 4) is 46.0 Å². The van der Waals surface area contributed by atoms with E-state index in [1.807, 2.05) is 0 Å². The highest BCUT2D eigenvalue weighted by Gasteiger charge is 2.29. The topological polar surface area (TPSA) is 155 Å². The van der Waals surface area contributed by atoms with Crippen molar-refractivity contribution in [2.75, 3.05) is 14.2 Å². The van der Waals surface area contributed by atoms with Crippen LogP contribution in [0.3, 0.4) is 0 Å². The maximum atomic E-state index is 12.8. The van der Waals surface area contributed by atoms with Gasteiger partial charge in [-0.25, -0.2) is 4.79 Å². The van der Waals surface area contributed by atoms with E-state index in [0.717, 1.165) is 18.2 Å². The molecular weight excluding hydrogens is 448 g/mol. The van der Waals surface area contributed by atoms with Gasteiger partial charge in [0.25, 0.3) is 0 Å².